The number of ketones is 1. The van der Waals surface area contributed by atoms with Gasteiger partial charge in [0.25, 0.3) is 0 Å². The van der Waals surface area contributed by atoms with Crippen LogP contribution in [0, 0.1) is 19.8 Å². The Balaban J connectivity index is 2.10. The lowest BCUT2D eigenvalue weighted by Gasteiger charge is -2.13. The number of aryl methyl sites for hydroxylation is 3. The van der Waals surface area contributed by atoms with E-state index < -0.39 is 0 Å². The third-order valence-electron chi connectivity index (χ3n) is 4.95. The number of furan rings is 1. The Labute approximate surface area is 149 Å². The highest BCUT2D eigenvalue weighted by atomic mass is 16.3. The first-order valence-corrected chi connectivity index (χ1v) is 9.10. The summed E-state index contributed by atoms with van der Waals surface area (Å²) in [6.07, 6.45) is 7.81. The fourth-order valence-electron chi connectivity index (χ4n) is 3.52. The van der Waals surface area contributed by atoms with Gasteiger partial charge in [0.05, 0.1) is 5.56 Å². The van der Waals surface area contributed by atoms with E-state index in [2.05, 4.69) is 19.9 Å². The van der Waals surface area contributed by atoms with Crippen molar-refractivity contribution >= 4 is 11.9 Å². The summed E-state index contributed by atoms with van der Waals surface area (Å²) < 4.78 is 6.06. The number of aromatic hydroxyl groups is 1. The van der Waals surface area contributed by atoms with E-state index in [1.165, 1.54) is 0 Å². The fraction of sp³-hybridized carbons (Fsp3) is 0.409. The van der Waals surface area contributed by atoms with Crippen molar-refractivity contribution < 1.29 is 14.3 Å². The zero-order chi connectivity index (χ0) is 18.1. The van der Waals surface area contributed by atoms with Crippen molar-refractivity contribution in [2.45, 2.75) is 53.4 Å². The highest BCUT2D eigenvalue weighted by molar-refractivity contribution is 6.11. The maximum atomic E-state index is 13.3. The Morgan fingerprint density at radius 1 is 1.28 bits per heavy atom. The highest BCUT2D eigenvalue weighted by Gasteiger charge is 2.28. The topological polar surface area (TPSA) is 50.4 Å². The molecule has 1 aromatic heterocycles. The minimum absolute atomic E-state index is 0.00445. The average Bonchev–Trinajstić information content (AvgIpc) is 2.94. The van der Waals surface area contributed by atoms with Gasteiger partial charge in [-0.05, 0) is 61.9 Å². The molecule has 3 heteroatoms. The van der Waals surface area contributed by atoms with Crippen molar-refractivity contribution in [1.29, 1.82) is 0 Å². The molecule has 1 heterocycles. The summed E-state index contributed by atoms with van der Waals surface area (Å²) in [5.41, 5.74) is 3.85. The quantitative estimate of drug-likeness (QED) is 0.745. The minimum Gasteiger partial charge on any atom is -0.507 e. The number of phenols is 1. The predicted molar refractivity (Wildman–Crippen MR) is 100 cm³/mol. The second-order valence-corrected chi connectivity index (χ2v) is 7.17. The number of allylic oxidation sites excluding steroid dienone is 1. The highest BCUT2D eigenvalue weighted by Crippen LogP contribution is 2.34. The summed E-state index contributed by atoms with van der Waals surface area (Å²) in [5, 5.41) is 10.0. The third-order valence-corrected chi connectivity index (χ3v) is 4.95. The van der Waals surface area contributed by atoms with Gasteiger partial charge in [0.1, 0.15) is 17.3 Å². The van der Waals surface area contributed by atoms with Crippen LogP contribution in [0.5, 0.6) is 5.75 Å². The summed E-state index contributed by atoms with van der Waals surface area (Å²) in [6, 6.07) is 3.55. The molecule has 1 aromatic carbocycles. The van der Waals surface area contributed by atoms with E-state index in [9.17, 15) is 9.90 Å². The summed E-state index contributed by atoms with van der Waals surface area (Å²) >= 11 is 0. The van der Waals surface area contributed by atoms with Gasteiger partial charge < -0.3 is 9.52 Å². The van der Waals surface area contributed by atoms with Crippen molar-refractivity contribution in [1.82, 2.24) is 0 Å². The van der Waals surface area contributed by atoms with E-state index in [-0.39, 0.29) is 11.5 Å². The van der Waals surface area contributed by atoms with Crippen LogP contribution in [-0.4, -0.2) is 10.9 Å². The van der Waals surface area contributed by atoms with Crippen molar-refractivity contribution in [3.05, 3.63) is 57.5 Å². The normalized spacial score (nSPS) is 16.1. The monoisotopic (exact) mass is 338 g/mol. The number of fused-ring (bicyclic) bond motifs is 1. The lowest BCUT2D eigenvalue weighted by molar-refractivity contribution is 0.103. The van der Waals surface area contributed by atoms with Gasteiger partial charge in [-0.15, -0.1) is 0 Å². The Morgan fingerprint density at radius 2 is 1.96 bits per heavy atom. The SMILES string of the molecule is CCCCc1oc2c(c1C(=O)c1cc(C)c(O)c(C)c1)CC(C)C=C2. The van der Waals surface area contributed by atoms with Crippen LogP contribution in [0.3, 0.4) is 0 Å². The molecule has 0 saturated carbocycles. The van der Waals surface area contributed by atoms with Gasteiger partial charge in [-0.2, -0.15) is 0 Å². The van der Waals surface area contributed by atoms with Crippen molar-refractivity contribution in [2.24, 2.45) is 5.92 Å². The van der Waals surface area contributed by atoms with Gasteiger partial charge in [-0.1, -0.05) is 26.3 Å². The molecular formula is C22H26O3. The summed E-state index contributed by atoms with van der Waals surface area (Å²) in [6.45, 7) is 7.94. The molecule has 0 fully saturated rings. The first kappa shape index (κ1) is 17.5. The molecule has 0 aliphatic heterocycles. The molecular weight excluding hydrogens is 312 g/mol. The third kappa shape index (κ3) is 3.28. The summed E-state index contributed by atoms with van der Waals surface area (Å²) in [7, 11) is 0. The van der Waals surface area contributed by atoms with Gasteiger partial charge >= 0.3 is 0 Å². The number of rotatable bonds is 5. The van der Waals surface area contributed by atoms with E-state index >= 15 is 0 Å². The standard InChI is InChI=1S/C22H26O3/c1-5-6-7-19-20(17-10-13(2)8-9-18(17)25-19)22(24)16-11-14(3)21(23)15(4)12-16/h8-9,11-13,23H,5-7,10H2,1-4H3. The Kier molecular flexibility index (Phi) is 4.85. The first-order valence-electron chi connectivity index (χ1n) is 9.10. The number of carbonyl (C=O) groups excluding carboxylic acids is 1. The van der Waals surface area contributed by atoms with Crippen LogP contribution < -0.4 is 0 Å². The van der Waals surface area contributed by atoms with Gasteiger partial charge in [0.15, 0.2) is 5.78 Å². The maximum Gasteiger partial charge on any atom is 0.196 e. The average molecular weight is 338 g/mol. The Hall–Kier alpha value is -2.29. The number of unbranched alkanes of at least 4 members (excludes halogenated alkanes) is 1. The van der Waals surface area contributed by atoms with Crippen molar-refractivity contribution in [3.63, 3.8) is 0 Å². The lowest BCUT2D eigenvalue weighted by Crippen LogP contribution is -2.11. The van der Waals surface area contributed by atoms with Crippen LogP contribution in [0.1, 0.15) is 70.8 Å². The van der Waals surface area contributed by atoms with Crippen LogP contribution in [-0.2, 0) is 12.8 Å². The van der Waals surface area contributed by atoms with Crippen LogP contribution >= 0.6 is 0 Å². The summed E-state index contributed by atoms with van der Waals surface area (Å²) in [5.74, 6) is 2.30. The molecule has 1 atom stereocenters. The minimum atomic E-state index is 0.00445. The smallest absolute Gasteiger partial charge is 0.196 e. The van der Waals surface area contributed by atoms with E-state index in [1.54, 1.807) is 12.1 Å². The second-order valence-electron chi connectivity index (χ2n) is 7.17. The number of carbonyl (C=O) groups is 1. The van der Waals surface area contributed by atoms with E-state index in [0.717, 1.165) is 59.5 Å². The van der Waals surface area contributed by atoms with Crippen LogP contribution in [0.15, 0.2) is 22.6 Å². The first-order chi connectivity index (χ1) is 11.9. The molecule has 1 aliphatic rings. The Morgan fingerprint density at radius 3 is 2.60 bits per heavy atom. The van der Waals surface area contributed by atoms with Crippen LogP contribution in [0.4, 0.5) is 0 Å². The molecule has 1 aliphatic carbocycles. The molecule has 1 N–H and O–H groups in total. The van der Waals surface area contributed by atoms with Gasteiger partial charge in [0, 0.05) is 17.5 Å². The molecule has 0 saturated heterocycles. The molecule has 132 valence electrons. The molecule has 0 bridgehead atoms. The van der Waals surface area contributed by atoms with E-state index in [0.29, 0.717) is 11.5 Å². The zero-order valence-corrected chi connectivity index (χ0v) is 15.5. The summed E-state index contributed by atoms with van der Waals surface area (Å²) in [4.78, 5) is 13.3. The van der Waals surface area contributed by atoms with Crippen LogP contribution in [0.25, 0.3) is 6.08 Å². The number of hydrogen-bond donors (Lipinski definition) is 1. The maximum absolute atomic E-state index is 13.3. The lowest BCUT2D eigenvalue weighted by atomic mass is 9.88. The Bertz CT molecular complexity index is 816. The molecule has 25 heavy (non-hydrogen) atoms. The molecule has 3 nitrogen and oxygen atoms in total. The van der Waals surface area contributed by atoms with Crippen LogP contribution in [0.2, 0.25) is 0 Å². The van der Waals surface area contributed by atoms with Gasteiger partial charge in [-0.25, -0.2) is 0 Å². The van der Waals surface area contributed by atoms with E-state index in [1.807, 2.05) is 19.9 Å². The van der Waals surface area contributed by atoms with Gasteiger partial charge in [0.2, 0.25) is 0 Å². The van der Waals surface area contributed by atoms with Crippen molar-refractivity contribution in [2.75, 3.05) is 0 Å². The number of benzene rings is 1. The zero-order valence-electron chi connectivity index (χ0n) is 15.5. The number of phenolic OH excluding ortho intramolecular Hbond substituents is 1. The molecule has 3 rings (SSSR count). The van der Waals surface area contributed by atoms with Gasteiger partial charge in [-0.3, -0.25) is 4.79 Å². The fourth-order valence-corrected chi connectivity index (χ4v) is 3.52. The molecule has 0 amide bonds. The predicted octanol–water partition coefficient (Wildman–Crippen LogP) is 5.38. The molecule has 0 radical (unpaired) electrons. The number of hydrogen-bond acceptors (Lipinski definition) is 3. The second kappa shape index (κ2) is 6.91. The molecule has 2 aromatic rings. The van der Waals surface area contributed by atoms with E-state index in [4.69, 9.17) is 4.42 Å². The largest absolute Gasteiger partial charge is 0.507 e. The molecule has 1 unspecified atom stereocenters. The van der Waals surface area contributed by atoms with Crippen molar-refractivity contribution in [3.8, 4) is 5.75 Å². The molecule has 0 spiro atoms.